The molecule has 1 aliphatic rings. The molecule has 2 rings (SSSR count). The standard InChI is InChI=1S/C11H15NO3S/c1-15-8-3-4-9(11(12)5-6-11)10(7-8)16(2,13)14/h3-4,7H,5-6,12H2,1-2H3. The van der Waals surface area contributed by atoms with Crippen molar-refractivity contribution in [2.24, 2.45) is 5.73 Å². The van der Waals surface area contributed by atoms with Crippen LogP contribution in [0, 0.1) is 0 Å². The van der Waals surface area contributed by atoms with Crippen LogP contribution in [0.15, 0.2) is 23.1 Å². The molecule has 1 aromatic carbocycles. The molecule has 0 bridgehead atoms. The highest BCUT2D eigenvalue weighted by Crippen LogP contribution is 2.45. The van der Waals surface area contributed by atoms with Crippen molar-refractivity contribution < 1.29 is 13.2 Å². The van der Waals surface area contributed by atoms with Crippen molar-refractivity contribution in [2.75, 3.05) is 13.4 Å². The number of nitrogens with two attached hydrogens (primary N) is 1. The van der Waals surface area contributed by atoms with Gasteiger partial charge in [0, 0.05) is 11.8 Å². The first-order chi connectivity index (χ1) is 7.37. The van der Waals surface area contributed by atoms with E-state index >= 15 is 0 Å². The predicted octanol–water partition coefficient (Wildman–Crippen LogP) is 1.05. The van der Waals surface area contributed by atoms with Crippen LogP contribution >= 0.6 is 0 Å². The molecule has 1 aromatic rings. The molecule has 1 aliphatic carbocycles. The van der Waals surface area contributed by atoms with Crippen LogP contribution in [-0.2, 0) is 15.4 Å². The fraction of sp³-hybridized carbons (Fsp3) is 0.455. The van der Waals surface area contributed by atoms with Gasteiger partial charge in [0.15, 0.2) is 9.84 Å². The summed E-state index contributed by atoms with van der Waals surface area (Å²) in [6.45, 7) is 0. The molecule has 5 heteroatoms. The van der Waals surface area contributed by atoms with E-state index in [1.807, 2.05) is 0 Å². The van der Waals surface area contributed by atoms with Crippen LogP contribution in [0.2, 0.25) is 0 Å². The van der Waals surface area contributed by atoms with Gasteiger partial charge in [-0.05, 0) is 30.5 Å². The zero-order valence-corrected chi connectivity index (χ0v) is 10.2. The zero-order chi connectivity index (χ0) is 12.0. The average molecular weight is 241 g/mol. The molecule has 4 nitrogen and oxygen atoms in total. The number of hydrogen-bond acceptors (Lipinski definition) is 4. The van der Waals surface area contributed by atoms with E-state index in [9.17, 15) is 8.42 Å². The Balaban J connectivity index is 2.61. The van der Waals surface area contributed by atoms with E-state index in [0.717, 1.165) is 12.8 Å². The van der Waals surface area contributed by atoms with Gasteiger partial charge in [0.2, 0.25) is 0 Å². The molecular weight excluding hydrogens is 226 g/mol. The highest BCUT2D eigenvalue weighted by Gasteiger charge is 2.42. The van der Waals surface area contributed by atoms with Crippen LogP contribution in [0.1, 0.15) is 18.4 Å². The molecule has 16 heavy (non-hydrogen) atoms. The minimum absolute atomic E-state index is 0.284. The summed E-state index contributed by atoms with van der Waals surface area (Å²) >= 11 is 0. The molecule has 2 N–H and O–H groups in total. The van der Waals surface area contributed by atoms with Crippen molar-refractivity contribution in [3.63, 3.8) is 0 Å². The molecule has 1 saturated carbocycles. The van der Waals surface area contributed by atoms with Gasteiger partial charge in [-0.2, -0.15) is 0 Å². The second kappa shape index (κ2) is 3.46. The number of rotatable bonds is 3. The Bertz CT molecular complexity index is 518. The second-order valence-electron chi connectivity index (χ2n) is 4.29. The van der Waals surface area contributed by atoms with Crippen molar-refractivity contribution in [2.45, 2.75) is 23.3 Å². The average Bonchev–Trinajstić information content (AvgIpc) is 2.95. The normalized spacial score (nSPS) is 18.2. The van der Waals surface area contributed by atoms with E-state index in [-0.39, 0.29) is 4.90 Å². The highest BCUT2D eigenvalue weighted by atomic mass is 32.2. The van der Waals surface area contributed by atoms with Gasteiger partial charge in [-0.15, -0.1) is 0 Å². The zero-order valence-electron chi connectivity index (χ0n) is 9.36. The summed E-state index contributed by atoms with van der Waals surface area (Å²) in [7, 11) is -1.76. The molecule has 0 amide bonds. The summed E-state index contributed by atoms with van der Waals surface area (Å²) in [5, 5.41) is 0. The first kappa shape index (κ1) is 11.4. The molecule has 1 fully saturated rings. The lowest BCUT2D eigenvalue weighted by atomic mass is 10.1. The van der Waals surface area contributed by atoms with E-state index < -0.39 is 15.4 Å². The number of benzene rings is 1. The van der Waals surface area contributed by atoms with E-state index in [1.54, 1.807) is 12.1 Å². The smallest absolute Gasteiger partial charge is 0.175 e. The summed E-state index contributed by atoms with van der Waals surface area (Å²) in [6.07, 6.45) is 2.86. The molecule has 0 atom stereocenters. The van der Waals surface area contributed by atoms with E-state index in [0.29, 0.717) is 11.3 Å². The van der Waals surface area contributed by atoms with E-state index in [4.69, 9.17) is 10.5 Å². The Morgan fingerprint density at radius 1 is 1.38 bits per heavy atom. The Morgan fingerprint density at radius 2 is 2.00 bits per heavy atom. The number of ether oxygens (including phenoxy) is 1. The van der Waals surface area contributed by atoms with Crippen LogP contribution in [0.5, 0.6) is 5.75 Å². The van der Waals surface area contributed by atoms with Gasteiger partial charge in [0.25, 0.3) is 0 Å². The van der Waals surface area contributed by atoms with Gasteiger partial charge in [-0.1, -0.05) is 6.07 Å². The summed E-state index contributed by atoms with van der Waals surface area (Å²) in [5.74, 6) is 0.536. The maximum Gasteiger partial charge on any atom is 0.175 e. The van der Waals surface area contributed by atoms with Gasteiger partial charge in [-0.3, -0.25) is 0 Å². The molecule has 0 aromatic heterocycles. The first-order valence-corrected chi connectivity index (χ1v) is 6.93. The summed E-state index contributed by atoms with van der Waals surface area (Å²) in [4.78, 5) is 0.284. The highest BCUT2D eigenvalue weighted by molar-refractivity contribution is 7.90. The third-order valence-corrected chi connectivity index (χ3v) is 4.05. The fourth-order valence-corrected chi connectivity index (χ4v) is 2.75. The summed E-state index contributed by atoms with van der Waals surface area (Å²) < 4.78 is 28.4. The Kier molecular flexibility index (Phi) is 2.47. The van der Waals surface area contributed by atoms with Crippen molar-refractivity contribution >= 4 is 9.84 Å². The topological polar surface area (TPSA) is 69.4 Å². The molecule has 0 aliphatic heterocycles. The SMILES string of the molecule is COc1ccc(C2(N)CC2)c(S(C)(=O)=O)c1. The monoisotopic (exact) mass is 241 g/mol. The minimum Gasteiger partial charge on any atom is -0.497 e. The van der Waals surface area contributed by atoms with Gasteiger partial charge in [0.1, 0.15) is 5.75 Å². The maximum absolute atomic E-state index is 11.7. The Morgan fingerprint density at radius 3 is 2.44 bits per heavy atom. The minimum atomic E-state index is -3.27. The van der Waals surface area contributed by atoms with Gasteiger partial charge in [-0.25, -0.2) is 8.42 Å². The first-order valence-electron chi connectivity index (χ1n) is 5.04. The van der Waals surface area contributed by atoms with Crippen molar-refractivity contribution in [3.05, 3.63) is 23.8 Å². The number of hydrogen-bond donors (Lipinski definition) is 1. The fourth-order valence-electron chi connectivity index (χ4n) is 1.75. The van der Waals surface area contributed by atoms with Crippen LogP contribution < -0.4 is 10.5 Å². The number of sulfone groups is 1. The lowest BCUT2D eigenvalue weighted by Gasteiger charge is -2.15. The van der Waals surface area contributed by atoms with Crippen molar-refractivity contribution in [3.8, 4) is 5.75 Å². The van der Waals surface area contributed by atoms with Gasteiger partial charge >= 0.3 is 0 Å². The van der Waals surface area contributed by atoms with E-state index in [1.165, 1.54) is 19.4 Å². The van der Waals surface area contributed by atoms with Crippen LogP contribution in [0.25, 0.3) is 0 Å². The second-order valence-corrected chi connectivity index (χ2v) is 6.27. The molecule has 0 heterocycles. The van der Waals surface area contributed by atoms with Crippen molar-refractivity contribution in [1.29, 1.82) is 0 Å². The van der Waals surface area contributed by atoms with Crippen LogP contribution in [0.4, 0.5) is 0 Å². The molecule has 0 saturated heterocycles. The lowest BCUT2D eigenvalue weighted by Crippen LogP contribution is -2.22. The quantitative estimate of drug-likeness (QED) is 0.858. The van der Waals surface area contributed by atoms with Crippen LogP contribution in [-0.4, -0.2) is 21.8 Å². The third-order valence-electron chi connectivity index (χ3n) is 2.91. The van der Waals surface area contributed by atoms with Crippen LogP contribution in [0.3, 0.4) is 0 Å². The number of methoxy groups -OCH3 is 1. The molecule has 0 radical (unpaired) electrons. The van der Waals surface area contributed by atoms with Gasteiger partial charge in [0.05, 0.1) is 12.0 Å². The summed E-state index contributed by atoms with van der Waals surface area (Å²) in [6, 6.07) is 5.04. The molecular formula is C11H15NO3S. The lowest BCUT2D eigenvalue weighted by molar-refractivity contribution is 0.413. The van der Waals surface area contributed by atoms with Crippen molar-refractivity contribution in [1.82, 2.24) is 0 Å². The largest absolute Gasteiger partial charge is 0.497 e. The summed E-state index contributed by atoms with van der Waals surface area (Å²) in [5.41, 5.74) is 6.30. The third kappa shape index (κ3) is 1.92. The molecule has 0 unspecified atom stereocenters. The van der Waals surface area contributed by atoms with E-state index in [2.05, 4.69) is 0 Å². The molecule has 0 spiro atoms. The predicted molar refractivity (Wildman–Crippen MR) is 61.2 cm³/mol. The van der Waals surface area contributed by atoms with Gasteiger partial charge < -0.3 is 10.5 Å². The molecule has 88 valence electrons. The maximum atomic E-state index is 11.7. The Hall–Kier alpha value is -1.07. The Labute approximate surface area is 95.3 Å².